The van der Waals surface area contributed by atoms with Gasteiger partial charge in [-0.25, -0.2) is 0 Å². The van der Waals surface area contributed by atoms with Crippen molar-refractivity contribution < 1.29 is 4.42 Å². The fourth-order valence-electron chi connectivity index (χ4n) is 6.86. The Morgan fingerprint density at radius 2 is 1.12 bits per heavy atom. The number of nitrogens with zero attached hydrogens (tertiary/aromatic N) is 1. The summed E-state index contributed by atoms with van der Waals surface area (Å²) in [5.74, 6) is 0. The summed E-state index contributed by atoms with van der Waals surface area (Å²) in [5.41, 5.74) is 11.5. The van der Waals surface area contributed by atoms with Gasteiger partial charge in [0.05, 0.1) is 11.0 Å². The summed E-state index contributed by atoms with van der Waals surface area (Å²) >= 11 is 0. The van der Waals surface area contributed by atoms with Crippen molar-refractivity contribution in [3.8, 4) is 27.9 Å². The molecule has 0 fully saturated rings. The highest BCUT2D eigenvalue weighted by atomic mass is 16.3. The Hall–Kier alpha value is -5.60. The van der Waals surface area contributed by atoms with Crippen LogP contribution in [0.2, 0.25) is 0 Å². The van der Waals surface area contributed by atoms with Crippen molar-refractivity contribution in [2.75, 3.05) is 0 Å². The fraction of sp³-hybridized carbons (Fsp3) is 0.0244. The molecule has 0 saturated carbocycles. The van der Waals surface area contributed by atoms with Crippen LogP contribution >= 0.6 is 0 Å². The Morgan fingerprint density at radius 3 is 1.93 bits per heavy atom. The highest BCUT2D eigenvalue weighted by Gasteiger charge is 2.16. The summed E-state index contributed by atoms with van der Waals surface area (Å²) in [6.07, 6.45) is 0. The number of furan rings is 1. The van der Waals surface area contributed by atoms with Crippen molar-refractivity contribution in [1.82, 2.24) is 4.57 Å². The maximum absolute atomic E-state index is 6.12. The van der Waals surface area contributed by atoms with Gasteiger partial charge in [-0.1, -0.05) is 97.1 Å². The van der Waals surface area contributed by atoms with Gasteiger partial charge >= 0.3 is 0 Å². The first-order valence-corrected chi connectivity index (χ1v) is 14.8. The van der Waals surface area contributed by atoms with Gasteiger partial charge in [0.25, 0.3) is 0 Å². The van der Waals surface area contributed by atoms with Crippen LogP contribution in [0, 0.1) is 6.92 Å². The molecule has 2 heterocycles. The first kappa shape index (κ1) is 24.0. The number of aromatic nitrogens is 1. The van der Waals surface area contributed by atoms with Crippen molar-refractivity contribution in [3.05, 3.63) is 151 Å². The SMILES string of the molecule is Cc1cccc2oc3ccc(-c4ccc(-c5ccc6c(c5)c5c7ccccc7ccc5n6-c5ccccc5)cc4)cc3c12. The lowest BCUT2D eigenvalue weighted by Gasteiger charge is -2.09. The molecule has 0 saturated heterocycles. The second kappa shape index (κ2) is 9.20. The summed E-state index contributed by atoms with van der Waals surface area (Å²) in [4.78, 5) is 0. The Morgan fingerprint density at radius 1 is 0.442 bits per heavy atom. The van der Waals surface area contributed by atoms with E-state index in [2.05, 4.69) is 151 Å². The number of hydrogen-bond donors (Lipinski definition) is 0. The maximum atomic E-state index is 6.12. The zero-order chi connectivity index (χ0) is 28.5. The molecule has 0 bridgehead atoms. The first-order chi connectivity index (χ1) is 21.2. The van der Waals surface area contributed by atoms with Crippen molar-refractivity contribution in [2.45, 2.75) is 6.92 Å². The maximum Gasteiger partial charge on any atom is 0.135 e. The number of rotatable bonds is 3. The molecule has 43 heavy (non-hydrogen) atoms. The Kier molecular flexibility index (Phi) is 5.15. The largest absolute Gasteiger partial charge is 0.456 e. The molecule has 0 aliphatic heterocycles. The summed E-state index contributed by atoms with van der Waals surface area (Å²) < 4.78 is 8.51. The van der Waals surface area contributed by atoms with Crippen molar-refractivity contribution >= 4 is 54.5 Å². The molecule has 202 valence electrons. The van der Waals surface area contributed by atoms with Gasteiger partial charge < -0.3 is 8.98 Å². The minimum absolute atomic E-state index is 0.931. The summed E-state index contributed by atoms with van der Waals surface area (Å²) in [7, 11) is 0. The van der Waals surface area contributed by atoms with E-state index in [0.29, 0.717) is 0 Å². The lowest BCUT2D eigenvalue weighted by molar-refractivity contribution is 0.669. The zero-order valence-corrected chi connectivity index (χ0v) is 23.7. The van der Waals surface area contributed by atoms with Crippen LogP contribution in [0.4, 0.5) is 0 Å². The highest BCUT2D eigenvalue weighted by molar-refractivity contribution is 6.22. The van der Waals surface area contributed by atoms with Crippen molar-refractivity contribution in [3.63, 3.8) is 0 Å². The van der Waals surface area contributed by atoms with Gasteiger partial charge in [-0.05, 0) is 94.0 Å². The molecule has 0 N–H and O–H groups in total. The fourth-order valence-corrected chi connectivity index (χ4v) is 6.86. The third-order valence-corrected chi connectivity index (χ3v) is 8.92. The molecule has 0 amide bonds. The summed E-state index contributed by atoms with van der Waals surface area (Å²) in [6.45, 7) is 2.15. The molecule has 0 aliphatic rings. The third-order valence-electron chi connectivity index (χ3n) is 8.92. The van der Waals surface area contributed by atoms with Gasteiger partial charge in [-0.3, -0.25) is 0 Å². The zero-order valence-electron chi connectivity index (χ0n) is 23.7. The van der Waals surface area contributed by atoms with Gasteiger partial charge in [-0.15, -0.1) is 0 Å². The van der Waals surface area contributed by atoms with E-state index in [1.54, 1.807) is 0 Å². The third kappa shape index (κ3) is 3.67. The van der Waals surface area contributed by atoms with Crippen LogP contribution in [0.15, 0.2) is 150 Å². The topological polar surface area (TPSA) is 18.1 Å². The number of aryl methyl sites for hydroxylation is 1. The number of hydrogen-bond acceptors (Lipinski definition) is 1. The monoisotopic (exact) mass is 549 g/mol. The molecule has 0 spiro atoms. The molecule has 0 atom stereocenters. The molecular weight excluding hydrogens is 522 g/mol. The van der Waals surface area contributed by atoms with Gasteiger partial charge in [0, 0.05) is 27.2 Å². The van der Waals surface area contributed by atoms with E-state index in [4.69, 9.17) is 4.42 Å². The van der Waals surface area contributed by atoms with Gasteiger partial charge in [-0.2, -0.15) is 0 Å². The second-order valence-electron chi connectivity index (χ2n) is 11.4. The summed E-state index contributed by atoms with van der Waals surface area (Å²) in [6, 6.07) is 52.5. The van der Waals surface area contributed by atoms with Crippen LogP contribution in [0.1, 0.15) is 5.56 Å². The van der Waals surface area contributed by atoms with Crippen molar-refractivity contribution in [2.24, 2.45) is 0 Å². The standard InChI is InChI=1S/C41H27NO/c1-26-8-7-13-39-40(26)35-25-31(20-23-38(35)43-39)28-16-14-27(15-17-28)30-19-21-36-34(24-30)41-33-12-6-5-9-29(33)18-22-37(41)42(36)32-10-3-2-4-11-32/h2-25H,1H3. The minimum atomic E-state index is 0.931. The van der Waals surface area contributed by atoms with E-state index >= 15 is 0 Å². The van der Waals surface area contributed by atoms with Crippen LogP contribution < -0.4 is 0 Å². The smallest absolute Gasteiger partial charge is 0.135 e. The quantitative estimate of drug-likeness (QED) is 0.214. The average molecular weight is 550 g/mol. The molecule has 2 nitrogen and oxygen atoms in total. The first-order valence-electron chi connectivity index (χ1n) is 14.8. The average Bonchev–Trinajstić information content (AvgIpc) is 3.61. The van der Waals surface area contributed by atoms with E-state index in [1.165, 1.54) is 76.9 Å². The lowest BCUT2D eigenvalue weighted by atomic mass is 9.97. The van der Waals surface area contributed by atoms with E-state index in [1.807, 2.05) is 6.07 Å². The van der Waals surface area contributed by atoms with Crippen molar-refractivity contribution in [1.29, 1.82) is 0 Å². The molecule has 2 aromatic heterocycles. The van der Waals surface area contributed by atoms with Crippen LogP contribution in [0.25, 0.3) is 82.5 Å². The van der Waals surface area contributed by atoms with Crippen LogP contribution in [-0.4, -0.2) is 4.57 Å². The van der Waals surface area contributed by atoms with E-state index in [-0.39, 0.29) is 0 Å². The molecule has 0 aliphatic carbocycles. The number of benzene rings is 7. The highest BCUT2D eigenvalue weighted by Crippen LogP contribution is 2.39. The van der Waals surface area contributed by atoms with Gasteiger partial charge in [0.15, 0.2) is 0 Å². The Labute approximate surface area is 249 Å². The predicted octanol–water partition coefficient (Wildman–Crippen LogP) is 11.5. The van der Waals surface area contributed by atoms with Crippen LogP contribution in [-0.2, 0) is 0 Å². The normalized spacial score (nSPS) is 11.8. The molecule has 0 radical (unpaired) electrons. The molecular formula is C41H27NO. The van der Waals surface area contributed by atoms with Crippen LogP contribution in [0.3, 0.4) is 0 Å². The van der Waals surface area contributed by atoms with Crippen LogP contribution in [0.5, 0.6) is 0 Å². The predicted molar refractivity (Wildman–Crippen MR) is 181 cm³/mol. The van der Waals surface area contributed by atoms with E-state index in [9.17, 15) is 0 Å². The molecule has 9 aromatic rings. The minimum Gasteiger partial charge on any atom is -0.456 e. The number of para-hydroxylation sites is 1. The Bertz CT molecular complexity index is 2500. The molecule has 0 unspecified atom stereocenters. The van der Waals surface area contributed by atoms with E-state index < -0.39 is 0 Å². The van der Waals surface area contributed by atoms with Gasteiger partial charge in [0.2, 0.25) is 0 Å². The molecule has 2 heteroatoms. The summed E-state index contributed by atoms with van der Waals surface area (Å²) in [5, 5.41) is 7.48. The second-order valence-corrected chi connectivity index (χ2v) is 11.4. The van der Waals surface area contributed by atoms with E-state index in [0.717, 1.165) is 11.2 Å². The molecule has 7 aromatic carbocycles. The molecule has 9 rings (SSSR count). The lowest BCUT2D eigenvalue weighted by Crippen LogP contribution is -1.93. The van der Waals surface area contributed by atoms with Gasteiger partial charge in [0.1, 0.15) is 11.2 Å². The number of fused-ring (bicyclic) bond motifs is 8. The Balaban J connectivity index is 1.19.